The Hall–Kier alpha value is -0.630. The molecule has 2 saturated carbocycles. The fraction of sp³-hybridized carbons (Fsp3) is 0.880. The lowest BCUT2D eigenvalue weighted by Crippen LogP contribution is -2.26. The second-order valence-corrected chi connectivity index (χ2v) is 10.2. The lowest BCUT2D eigenvalue weighted by atomic mass is 9.72. The van der Waals surface area contributed by atoms with Gasteiger partial charge in [0.25, 0.3) is 0 Å². The molecule has 27 heavy (non-hydrogen) atoms. The third kappa shape index (κ3) is 6.17. The highest BCUT2D eigenvalue weighted by Gasteiger charge is 2.30. The van der Waals surface area contributed by atoms with Crippen LogP contribution in [-0.2, 0) is 9.53 Å². The molecule has 0 spiro atoms. The predicted molar refractivity (Wildman–Crippen MR) is 113 cm³/mol. The van der Waals surface area contributed by atoms with Gasteiger partial charge < -0.3 is 4.74 Å². The van der Waals surface area contributed by atoms with Crippen LogP contribution in [0.4, 0.5) is 0 Å². The standard InChI is InChI=1S/C25H42O2/c1-18(2)23-8-10-24(11-9-23)25(26)19(3)16-20-4-6-21(7-5-20)17-22-12-14-27-15-13-22/h18,20-24H,3-17H2,1-2H3. The summed E-state index contributed by atoms with van der Waals surface area (Å²) >= 11 is 0. The first kappa shape index (κ1) is 21.1. The predicted octanol–water partition coefficient (Wildman–Crippen LogP) is 6.59. The van der Waals surface area contributed by atoms with Crippen LogP contribution < -0.4 is 0 Å². The van der Waals surface area contributed by atoms with Gasteiger partial charge in [-0.2, -0.15) is 0 Å². The number of allylic oxidation sites excluding steroid dienone is 1. The van der Waals surface area contributed by atoms with E-state index in [9.17, 15) is 4.79 Å². The van der Waals surface area contributed by atoms with Gasteiger partial charge >= 0.3 is 0 Å². The van der Waals surface area contributed by atoms with E-state index in [4.69, 9.17) is 4.74 Å². The summed E-state index contributed by atoms with van der Waals surface area (Å²) in [5.74, 6) is 4.80. The van der Waals surface area contributed by atoms with Crippen LogP contribution in [0.2, 0.25) is 0 Å². The van der Waals surface area contributed by atoms with E-state index in [0.717, 1.165) is 61.7 Å². The molecule has 3 rings (SSSR count). The summed E-state index contributed by atoms with van der Waals surface area (Å²) < 4.78 is 5.50. The van der Waals surface area contributed by atoms with Crippen LogP contribution in [-0.4, -0.2) is 19.0 Å². The number of ether oxygens (including phenoxy) is 1. The molecule has 0 bridgehead atoms. The monoisotopic (exact) mass is 374 g/mol. The molecule has 0 atom stereocenters. The van der Waals surface area contributed by atoms with Gasteiger partial charge in [-0.25, -0.2) is 0 Å². The number of rotatable bonds is 7. The molecule has 1 aliphatic heterocycles. The highest BCUT2D eigenvalue weighted by molar-refractivity contribution is 5.96. The molecule has 1 heterocycles. The number of Topliss-reactive ketones (excluding diaryl/α,β-unsaturated/α-hetero) is 1. The van der Waals surface area contributed by atoms with Gasteiger partial charge in [-0.3, -0.25) is 4.79 Å². The Balaban J connectivity index is 1.36. The Kier molecular flexibility index (Phi) is 7.99. The van der Waals surface area contributed by atoms with Crippen molar-refractivity contribution in [1.82, 2.24) is 0 Å². The topological polar surface area (TPSA) is 26.3 Å². The first-order valence-electron chi connectivity index (χ1n) is 11.8. The van der Waals surface area contributed by atoms with E-state index in [1.807, 2.05) is 0 Å². The molecule has 2 aliphatic carbocycles. The lowest BCUT2D eigenvalue weighted by molar-refractivity contribution is -0.120. The summed E-state index contributed by atoms with van der Waals surface area (Å²) in [6.07, 6.45) is 14.9. The minimum Gasteiger partial charge on any atom is -0.381 e. The number of carbonyl (C=O) groups is 1. The molecule has 3 aliphatic rings. The van der Waals surface area contributed by atoms with Gasteiger partial charge in [-0.05, 0) is 99.4 Å². The molecule has 0 aromatic heterocycles. The molecule has 0 aromatic carbocycles. The average Bonchev–Trinajstić information content (AvgIpc) is 2.69. The van der Waals surface area contributed by atoms with E-state index in [2.05, 4.69) is 20.4 Å². The van der Waals surface area contributed by atoms with Gasteiger partial charge in [0, 0.05) is 19.1 Å². The quantitative estimate of drug-likeness (QED) is 0.470. The summed E-state index contributed by atoms with van der Waals surface area (Å²) in [6.45, 7) is 10.8. The first-order valence-corrected chi connectivity index (χ1v) is 11.8. The second-order valence-electron chi connectivity index (χ2n) is 10.2. The van der Waals surface area contributed by atoms with Crippen molar-refractivity contribution in [2.75, 3.05) is 13.2 Å². The van der Waals surface area contributed by atoms with E-state index in [1.54, 1.807) is 0 Å². The van der Waals surface area contributed by atoms with E-state index in [-0.39, 0.29) is 5.92 Å². The highest BCUT2D eigenvalue weighted by Crippen LogP contribution is 2.39. The zero-order valence-electron chi connectivity index (χ0n) is 17.9. The summed E-state index contributed by atoms with van der Waals surface area (Å²) in [6, 6.07) is 0. The third-order valence-corrected chi connectivity index (χ3v) is 7.94. The van der Waals surface area contributed by atoms with Crippen molar-refractivity contribution in [1.29, 1.82) is 0 Å². The lowest BCUT2D eigenvalue weighted by Gasteiger charge is -2.33. The molecular weight excluding hydrogens is 332 g/mol. The fourth-order valence-corrected chi connectivity index (χ4v) is 5.91. The highest BCUT2D eigenvalue weighted by atomic mass is 16.5. The molecule has 0 radical (unpaired) electrons. The van der Waals surface area contributed by atoms with Crippen molar-refractivity contribution in [3.05, 3.63) is 12.2 Å². The molecule has 2 heteroatoms. The number of hydrogen-bond acceptors (Lipinski definition) is 2. The maximum absolute atomic E-state index is 12.9. The zero-order valence-corrected chi connectivity index (χ0v) is 17.9. The van der Waals surface area contributed by atoms with E-state index in [0.29, 0.717) is 11.7 Å². The van der Waals surface area contributed by atoms with E-state index < -0.39 is 0 Å². The minimum atomic E-state index is 0.275. The van der Waals surface area contributed by atoms with Gasteiger partial charge in [-0.1, -0.05) is 33.3 Å². The van der Waals surface area contributed by atoms with Crippen LogP contribution in [0.25, 0.3) is 0 Å². The number of hydrogen-bond donors (Lipinski definition) is 0. The van der Waals surface area contributed by atoms with Crippen molar-refractivity contribution in [3.63, 3.8) is 0 Å². The Morgan fingerprint density at radius 2 is 1.41 bits per heavy atom. The Labute approximate surface area is 167 Å². The molecule has 3 fully saturated rings. The Bertz CT molecular complexity index is 473. The summed E-state index contributed by atoms with van der Waals surface area (Å²) in [5, 5.41) is 0. The Morgan fingerprint density at radius 3 is 2.00 bits per heavy atom. The normalized spacial score (nSPS) is 33.1. The van der Waals surface area contributed by atoms with Gasteiger partial charge in [0.15, 0.2) is 5.78 Å². The smallest absolute Gasteiger partial charge is 0.161 e. The van der Waals surface area contributed by atoms with Crippen LogP contribution >= 0.6 is 0 Å². The van der Waals surface area contributed by atoms with Gasteiger partial charge in [0.05, 0.1) is 0 Å². The molecule has 0 N–H and O–H groups in total. The first-order chi connectivity index (χ1) is 13.0. The zero-order chi connectivity index (χ0) is 19.2. The van der Waals surface area contributed by atoms with E-state index >= 15 is 0 Å². The number of ketones is 1. The summed E-state index contributed by atoms with van der Waals surface area (Å²) in [5.41, 5.74) is 0.941. The van der Waals surface area contributed by atoms with Gasteiger partial charge in [0.1, 0.15) is 0 Å². The fourth-order valence-electron chi connectivity index (χ4n) is 5.91. The molecule has 0 unspecified atom stereocenters. The SMILES string of the molecule is C=C(CC1CCC(CC2CCOCC2)CC1)C(=O)C1CCC(C(C)C)CC1. The molecular formula is C25H42O2. The second kappa shape index (κ2) is 10.2. The molecule has 2 nitrogen and oxygen atoms in total. The third-order valence-electron chi connectivity index (χ3n) is 7.94. The van der Waals surface area contributed by atoms with Crippen LogP contribution in [0.1, 0.15) is 90.9 Å². The van der Waals surface area contributed by atoms with Gasteiger partial charge in [0.2, 0.25) is 0 Å². The Morgan fingerprint density at radius 1 is 0.852 bits per heavy atom. The maximum atomic E-state index is 12.9. The van der Waals surface area contributed by atoms with Crippen LogP contribution in [0, 0.1) is 35.5 Å². The van der Waals surface area contributed by atoms with Crippen molar-refractivity contribution < 1.29 is 9.53 Å². The maximum Gasteiger partial charge on any atom is 0.161 e. The number of carbonyl (C=O) groups excluding carboxylic acids is 1. The van der Waals surface area contributed by atoms with Crippen LogP contribution in [0.3, 0.4) is 0 Å². The molecule has 0 amide bonds. The largest absolute Gasteiger partial charge is 0.381 e. The van der Waals surface area contributed by atoms with Crippen molar-refractivity contribution in [3.8, 4) is 0 Å². The van der Waals surface area contributed by atoms with E-state index in [1.165, 1.54) is 57.8 Å². The van der Waals surface area contributed by atoms with Crippen molar-refractivity contribution in [2.45, 2.75) is 90.9 Å². The molecule has 0 aromatic rings. The van der Waals surface area contributed by atoms with Crippen LogP contribution in [0.5, 0.6) is 0 Å². The molecule has 154 valence electrons. The van der Waals surface area contributed by atoms with Gasteiger partial charge in [-0.15, -0.1) is 0 Å². The van der Waals surface area contributed by atoms with Crippen molar-refractivity contribution in [2.24, 2.45) is 35.5 Å². The molecule has 1 saturated heterocycles. The summed E-state index contributed by atoms with van der Waals surface area (Å²) in [7, 11) is 0. The van der Waals surface area contributed by atoms with Crippen molar-refractivity contribution >= 4 is 5.78 Å². The average molecular weight is 375 g/mol. The van der Waals surface area contributed by atoms with Crippen LogP contribution in [0.15, 0.2) is 12.2 Å². The summed E-state index contributed by atoms with van der Waals surface area (Å²) in [4.78, 5) is 12.9. The minimum absolute atomic E-state index is 0.275.